The first kappa shape index (κ1) is 18.3. The van der Waals surface area contributed by atoms with Crippen LogP contribution >= 0.6 is 39.5 Å². The van der Waals surface area contributed by atoms with Crippen molar-refractivity contribution in [3.05, 3.63) is 46.8 Å². The van der Waals surface area contributed by atoms with Gasteiger partial charge < -0.3 is 0 Å². The second-order valence-corrected chi connectivity index (χ2v) is 26.7. The second kappa shape index (κ2) is 7.52. The molecule has 0 nitrogen and oxygen atoms in total. The van der Waals surface area contributed by atoms with Crippen LogP contribution in [0.5, 0.6) is 0 Å². The Bertz CT molecular complexity index is 662. The van der Waals surface area contributed by atoms with Crippen LogP contribution in [0.4, 0.5) is 30.7 Å². The first-order chi connectivity index (χ1) is 9.27. The molecule has 0 amide bonds. The third kappa shape index (κ3) is 3.37. The molecule has 105 valence electrons. The number of rotatable bonds is 0. The number of halogens is 9. The van der Waals surface area contributed by atoms with E-state index in [9.17, 15) is 30.7 Å². The van der Waals surface area contributed by atoms with Crippen LogP contribution in [-0.2, 0) is 10.1 Å². The van der Waals surface area contributed by atoms with Crippen molar-refractivity contribution in [3.63, 3.8) is 0 Å². The van der Waals surface area contributed by atoms with Gasteiger partial charge in [-0.2, -0.15) is 0 Å². The van der Waals surface area contributed by atoms with E-state index in [4.69, 9.17) is 0 Å². The first-order valence-electron chi connectivity index (χ1n) is 4.61. The molecule has 2 rings (SSSR count). The summed E-state index contributed by atoms with van der Waals surface area (Å²) in [5, 5.41) is -3.16. The Labute approximate surface area is 137 Å². The zero-order valence-corrected chi connectivity index (χ0v) is 16.4. The standard InChI is InChI=1S/C10F7.2HI.Zn/c11-2-1-3(12)6(13)5-4(2)7(14)9(16)10(17)8(5)15;;;/h;2*1H;/q;;;+2/p-2. The predicted molar refractivity (Wildman–Crippen MR) is 70.5 cm³/mol. The van der Waals surface area contributed by atoms with Crippen LogP contribution in [0.1, 0.15) is 0 Å². The number of hydrogen-bond donors (Lipinski definition) is 0. The van der Waals surface area contributed by atoms with Gasteiger partial charge in [-0.3, -0.25) is 0 Å². The van der Waals surface area contributed by atoms with Crippen LogP contribution in [0.3, 0.4) is 0 Å². The molecule has 2 aromatic rings. The second-order valence-electron chi connectivity index (χ2n) is 3.17. The van der Waals surface area contributed by atoms with Gasteiger partial charge in [0, 0.05) is 0 Å². The summed E-state index contributed by atoms with van der Waals surface area (Å²) in [6.07, 6.45) is 0. The van der Waals surface area contributed by atoms with Crippen LogP contribution in [0.2, 0.25) is 0 Å². The fraction of sp³-hybridized carbons (Fsp3) is 0. The number of fused-ring (bicyclic) bond motifs is 1. The molecule has 0 bridgehead atoms. The van der Waals surface area contributed by atoms with E-state index >= 15 is 0 Å². The van der Waals surface area contributed by atoms with Crippen LogP contribution < -0.4 is 0 Å². The van der Waals surface area contributed by atoms with Crippen molar-refractivity contribution < 1.29 is 40.8 Å². The average molecular weight is 572 g/mol. The number of benzene rings is 2. The van der Waals surface area contributed by atoms with Crippen molar-refractivity contribution in [2.24, 2.45) is 0 Å². The average Bonchev–Trinajstić information content (AvgIpc) is 2.38. The minimum atomic E-state index is -2.35. The fourth-order valence-electron chi connectivity index (χ4n) is 1.37. The van der Waals surface area contributed by atoms with Gasteiger partial charge in [0.05, 0.1) is 16.8 Å². The van der Waals surface area contributed by atoms with Gasteiger partial charge in [-0.05, 0) is 0 Å². The Morgan fingerprint density at radius 3 is 1.45 bits per heavy atom. The molecule has 10 heteroatoms. The first-order valence-corrected chi connectivity index (χ1v) is 22.7. The number of hydrogen-bond acceptors (Lipinski definition) is 0. The summed E-state index contributed by atoms with van der Waals surface area (Å²) < 4.78 is 90.4. The van der Waals surface area contributed by atoms with Crippen molar-refractivity contribution >= 4 is 50.3 Å². The molecular weight excluding hydrogens is 572 g/mol. The van der Waals surface area contributed by atoms with E-state index in [1.807, 2.05) is 0 Å². The molecule has 0 heterocycles. The summed E-state index contributed by atoms with van der Waals surface area (Å²) in [6, 6.07) is 1.09. The molecule has 0 aromatic heterocycles. The SMILES string of the molecule is Fc1[c]c(F)c2c(F)c(F)c(F)c(F)c2c1F.[I][Zn][I]. The zero-order valence-electron chi connectivity index (χ0n) is 9.11. The fourth-order valence-corrected chi connectivity index (χ4v) is 1.37. The van der Waals surface area contributed by atoms with Gasteiger partial charge in [-0.1, -0.05) is 0 Å². The molecule has 20 heavy (non-hydrogen) atoms. The van der Waals surface area contributed by atoms with E-state index in [0.29, 0.717) is 0 Å². The molecule has 0 saturated heterocycles. The van der Waals surface area contributed by atoms with Gasteiger partial charge in [-0.25, -0.2) is 30.7 Å². The van der Waals surface area contributed by atoms with Crippen molar-refractivity contribution in [1.82, 2.24) is 0 Å². The van der Waals surface area contributed by atoms with E-state index in [2.05, 4.69) is 39.5 Å². The molecular formula is C10F7I2Zn. The van der Waals surface area contributed by atoms with Crippen LogP contribution in [0, 0.1) is 46.8 Å². The molecule has 0 N–H and O–H groups in total. The van der Waals surface area contributed by atoms with E-state index in [0.717, 1.165) is 6.07 Å². The van der Waals surface area contributed by atoms with Crippen molar-refractivity contribution in [3.8, 4) is 0 Å². The molecule has 0 spiro atoms. The Kier molecular flexibility index (Phi) is 6.90. The Hall–Kier alpha value is 0.293. The molecule has 1 radical (unpaired) electrons. The Morgan fingerprint density at radius 2 is 1.00 bits per heavy atom. The molecule has 2 aromatic carbocycles. The van der Waals surface area contributed by atoms with E-state index in [1.54, 1.807) is 0 Å². The predicted octanol–water partition coefficient (Wildman–Crippen LogP) is 5.38. The van der Waals surface area contributed by atoms with Crippen LogP contribution in [0.15, 0.2) is 0 Å². The molecule has 0 aliphatic rings. The minimum absolute atomic E-state index is 0.0650. The maximum atomic E-state index is 13.1. The van der Waals surface area contributed by atoms with Crippen LogP contribution in [0.25, 0.3) is 10.8 Å². The topological polar surface area (TPSA) is 0 Å². The summed E-state index contributed by atoms with van der Waals surface area (Å²) in [6.45, 7) is 0. The monoisotopic (exact) mass is 571 g/mol. The van der Waals surface area contributed by atoms with Gasteiger partial charge >= 0.3 is 49.6 Å². The van der Waals surface area contributed by atoms with E-state index in [1.165, 1.54) is 0 Å². The van der Waals surface area contributed by atoms with E-state index in [-0.39, 0.29) is 10.1 Å². The van der Waals surface area contributed by atoms with Crippen molar-refractivity contribution in [2.75, 3.05) is 0 Å². The molecule has 0 fully saturated rings. The molecule has 0 aliphatic carbocycles. The van der Waals surface area contributed by atoms with E-state index < -0.39 is 51.5 Å². The summed E-state index contributed by atoms with van der Waals surface area (Å²) in [5.74, 6) is -14.9. The summed E-state index contributed by atoms with van der Waals surface area (Å²) in [4.78, 5) is 0. The Morgan fingerprint density at radius 1 is 0.600 bits per heavy atom. The van der Waals surface area contributed by atoms with Crippen molar-refractivity contribution in [2.45, 2.75) is 0 Å². The third-order valence-corrected chi connectivity index (χ3v) is 2.12. The molecule has 0 aliphatic heterocycles. The Balaban J connectivity index is 0.000000612. The van der Waals surface area contributed by atoms with Crippen molar-refractivity contribution in [1.29, 1.82) is 0 Å². The summed E-state index contributed by atoms with van der Waals surface area (Å²) >= 11 is 4.93. The molecule has 0 saturated carbocycles. The van der Waals surface area contributed by atoms with Gasteiger partial charge in [0.1, 0.15) is 5.82 Å². The van der Waals surface area contributed by atoms with Gasteiger partial charge in [0.2, 0.25) is 0 Å². The summed E-state index contributed by atoms with van der Waals surface area (Å²) in [7, 11) is 0.0650. The maximum absolute atomic E-state index is 13.1. The van der Waals surface area contributed by atoms with Gasteiger partial charge in [0.25, 0.3) is 0 Å². The molecule has 0 atom stereocenters. The summed E-state index contributed by atoms with van der Waals surface area (Å²) in [5.41, 5.74) is 0. The normalized spacial score (nSPS) is 10.1. The van der Waals surface area contributed by atoms with Gasteiger partial charge in [0.15, 0.2) is 34.9 Å². The third-order valence-electron chi connectivity index (χ3n) is 2.12. The van der Waals surface area contributed by atoms with Crippen LogP contribution in [-0.4, -0.2) is 0 Å². The molecule has 0 unspecified atom stereocenters. The zero-order chi connectivity index (χ0) is 15.6. The van der Waals surface area contributed by atoms with Gasteiger partial charge in [-0.15, -0.1) is 0 Å². The quantitative estimate of drug-likeness (QED) is 0.131.